The van der Waals surface area contributed by atoms with Crippen LogP contribution in [0.4, 0.5) is 10.1 Å². The van der Waals surface area contributed by atoms with Crippen molar-refractivity contribution < 1.29 is 28.2 Å². The van der Waals surface area contributed by atoms with E-state index >= 15 is 0 Å². The number of likely N-dealkylation sites (N-methyl/N-ethyl adjacent to an activating group) is 1. The van der Waals surface area contributed by atoms with Crippen LogP contribution in [0.15, 0.2) is 48.5 Å². The molecule has 0 bridgehead atoms. The lowest BCUT2D eigenvalue weighted by molar-refractivity contribution is -0.146. The van der Waals surface area contributed by atoms with Crippen molar-refractivity contribution in [2.75, 3.05) is 31.2 Å². The fraction of sp³-hybridized carbons (Fsp3) is 0.286. The molecule has 0 heterocycles. The van der Waals surface area contributed by atoms with E-state index in [0.717, 1.165) is 0 Å². The summed E-state index contributed by atoms with van der Waals surface area (Å²) in [5, 5.41) is 2.43. The molecule has 0 radical (unpaired) electrons. The zero-order valence-electron chi connectivity index (χ0n) is 16.3. The number of benzene rings is 2. The summed E-state index contributed by atoms with van der Waals surface area (Å²) >= 11 is 0. The van der Waals surface area contributed by atoms with Gasteiger partial charge in [0.25, 0.3) is 11.8 Å². The average Bonchev–Trinajstić information content (AvgIpc) is 2.73. The number of amides is 2. The number of halogens is 1. The molecule has 0 aliphatic rings. The molecule has 0 atom stereocenters. The Balaban J connectivity index is 1.80. The summed E-state index contributed by atoms with van der Waals surface area (Å²) in [5.41, 5.74) is 0.865. The Morgan fingerprint density at radius 1 is 1.00 bits per heavy atom. The van der Waals surface area contributed by atoms with Crippen LogP contribution in [0.2, 0.25) is 0 Å². The van der Waals surface area contributed by atoms with E-state index in [2.05, 4.69) is 5.32 Å². The molecule has 7 nitrogen and oxygen atoms in total. The van der Waals surface area contributed by atoms with Crippen LogP contribution in [-0.2, 0) is 14.3 Å². The van der Waals surface area contributed by atoms with Gasteiger partial charge in [0, 0.05) is 17.8 Å². The number of esters is 1. The third kappa shape index (κ3) is 6.60. The number of nitrogens with one attached hydrogen (secondary N) is 1. The summed E-state index contributed by atoms with van der Waals surface area (Å²) < 4.78 is 23.3. The van der Waals surface area contributed by atoms with Gasteiger partial charge in [-0.25, -0.2) is 4.39 Å². The number of carbonyl (C=O) groups is 3. The summed E-state index contributed by atoms with van der Waals surface area (Å²) in [7, 11) is 0. The topological polar surface area (TPSA) is 84.9 Å². The molecule has 0 aliphatic carbocycles. The first-order valence-electron chi connectivity index (χ1n) is 9.17. The van der Waals surface area contributed by atoms with Gasteiger partial charge in [-0.2, -0.15) is 0 Å². The van der Waals surface area contributed by atoms with Gasteiger partial charge < -0.3 is 19.7 Å². The predicted molar refractivity (Wildman–Crippen MR) is 105 cm³/mol. The van der Waals surface area contributed by atoms with Crippen LogP contribution in [0.3, 0.4) is 0 Å². The van der Waals surface area contributed by atoms with Gasteiger partial charge in [-0.15, -0.1) is 0 Å². The summed E-state index contributed by atoms with van der Waals surface area (Å²) in [6, 6.07) is 11.9. The summed E-state index contributed by atoms with van der Waals surface area (Å²) in [6.45, 7) is 3.60. The smallest absolute Gasteiger partial charge is 0.325 e. The second kappa shape index (κ2) is 10.8. The Labute approximate surface area is 168 Å². The van der Waals surface area contributed by atoms with Crippen molar-refractivity contribution in [2.45, 2.75) is 13.8 Å². The lowest BCUT2D eigenvalue weighted by Crippen LogP contribution is -2.36. The van der Waals surface area contributed by atoms with Crippen molar-refractivity contribution >= 4 is 23.5 Å². The third-order valence-corrected chi connectivity index (χ3v) is 3.93. The van der Waals surface area contributed by atoms with Gasteiger partial charge >= 0.3 is 5.97 Å². The van der Waals surface area contributed by atoms with Crippen LogP contribution >= 0.6 is 0 Å². The second-order valence-electron chi connectivity index (χ2n) is 5.92. The van der Waals surface area contributed by atoms with Crippen molar-refractivity contribution in [3.8, 4) is 5.75 Å². The maximum absolute atomic E-state index is 13.0. The Hall–Kier alpha value is -3.42. The molecule has 29 heavy (non-hydrogen) atoms. The highest BCUT2D eigenvalue weighted by molar-refractivity contribution is 5.97. The molecule has 1 N–H and O–H groups in total. The molecule has 2 amide bonds. The van der Waals surface area contributed by atoms with Gasteiger partial charge in [0.15, 0.2) is 6.61 Å². The lowest BCUT2D eigenvalue weighted by Gasteiger charge is -2.20. The first kappa shape index (κ1) is 21.9. The number of anilines is 1. The van der Waals surface area contributed by atoms with Crippen molar-refractivity contribution in [1.82, 2.24) is 5.32 Å². The Morgan fingerprint density at radius 2 is 1.66 bits per heavy atom. The number of ether oxygens (including phenoxy) is 2. The molecule has 2 aromatic carbocycles. The SMILES string of the molecule is CCOc1ccc(C(=O)NCC(=O)OCC(=O)N(CC)c2ccc(F)cc2)cc1. The summed E-state index contributed by atoms with van der Waals surface area (Å²) in [4.78, 5) is 37.5. The van der Waals surface area contributed by atoms with E-state index in [1.165, 1.54) is 29.2 Å². The molecule has 8 heteroatoms. The molecular formula is C21H23FN2O5. The average molecular weight is 402 g/mol. The van der Waals surface area contributed by atoms with E-state index < -0.39 is 30.2 Å². The van der Waals surface area contributed by atoms with E-state index in [1.54, 1.807) is 31.2 Å². The van der Waals surface area contributed by atoms with E-state index in [4.69, 9.17) is 9.47 Å². The number of hydrogen-bond acceptors (Lipinski definition) is 5. The van der Waals surface area contributed by atoms with Crippen LogP contribution in [0.25, 0.3) is 0 Å². The second-order valence-corrected chi connectivity index (χ2v) is 5.92. The summed E-state index contributed by atoms with van der Waals surface area (Å²) in [6.07, 6.45) is 0. The minimum atomic E-state index is -0.743. The first-order valence-corrected chi connectivity index (χ1v) is 9.17. The maximum Gasteiger partial charge on any atom is 0.325 e. The third-order valence-electron chi connectivity index (χ3n) is 3.93. The zero-order chi connectivity index (χ0) is 21.2. The molecule has 0 saturated heterocycles. The minimum Gasteiger partial charge on any atom is -0.494 e. The van der Waals surface area contributed by atoms with E-state index in [9.17, 15) is 18.8 Å². The molecule has 0 aliphatic heterocycles. The fourth-order valence-corrected chi connectivity index (χ4v) is 2.52. The normalized spacial score (nSPS) is 10.2. The molecule has 0 fully saturated rings. The molecular weight excluding hydrogens is 379 g/mol. The Bertz CT molecular complexity index is 837. The van der Waals surface area contributed by atoms with Crippen LogP contribution < -0.4 is 15.0 Å². The van der Waals surface area contributed by atoms with E-state index in [1.807, 2.05) is 6.92 Å². The highest BCUT2D eigenvalue weighted by Gasteiger charge is 2.17. The zero-order valence-corrected chi connectivity index (χ0v) is 16.3. The number of nitrogens with zero attached hydrogens (tertiary/aromatic N) is 1. The molecule has 0 saturated carbocycles. The molecule has 0 aromatic heterocycles. The van der Waals surface area contributed by atoms with Crippen molar-refractivity contribution in [1.29, 1.82) is 0 Å². The van der Waals surface area contributed by atoms with Crippen molar-refractivity contribution in [2.24, 2.45) is 0 Å². The Morgan fingerprint density at radius 3 is 2.24 bits per heavy atom. The monoisotopic (exact) mass is 402 g/mol. The standard InChI is InChI=1S/C21H23FN2O5/c1-3-24(17-9-7-16(22)8-10-17)19(25)14-29-20(26)13-23-21(27)15-5-11-18(12-6-15)28-4-2/h5-12H,3-4,13-14H2,1-2H3,(H,23,27). The molecule has 154 valence electrons. The van der Waals surface area contributed by atoms with Gasteiger partial charge in [0.2, 0.25) is 0 Å². The van der Waals surface area contributed by atoms with E-state index in [-0.39, 0.29) is 6.54 Å². The summed E-state index contributed by atoms with van der Waals surface area (Å²) in [5.74, 6) is -1.41. The predicted octanol–water partition coefficient (Wildman–Crippen LogP) is 2.55. The Kier molecular flexibility index (Phi) is 8.14. The number of carbonyl (C=O) groups excluding carboxylic acids is 3. The minimum absolute atomic E-state index is 0.330. The quantitative estimate of drug-likeness (QED) is 0.652. The number of hydrogen-bond donors (Lipinski definition) is 1. The van der Waals surface area contributed by atoms with Crippen molar-refractivity contribution in [3.05, 3.63) is 59.9 Å². The molecule has 2 aromatic rings. The molecule has 0 unspecified atom stereocenters. The van der Waals surface area contributed by atoms with Gasteiger partial charge in [-0.1, -0.05) is 0 Å². The van der Waals surface area contributed by atoms with Crippen molar-refractivity contribution in [3.63, 3.8) is 0 Å². The largest absolute Gasteiger partial charge is 0.494 e. The van der Waals surface area contributed by atoms with Crippen LogP contribution in [0, 0.1) is 5.82 Å². The first-order chi connectivity index (χ1) is 13.9. The highest BCUT2D eigenvalue weighted by atomic mass is 19.1. The van der Waals surface area contributed by atoms with Gasteiger partial charge in [0.1, 0.15) is 18.1 Å². The van der Waals surface area contributed by atoms with Crippen LogP contribution in [-0.4, -0.2) is 44.1 Å². The van der Waals surface area contributed by atoms with Crippen LogP contribution in [0.1, 0.15) is 24.2 Å². The van der Waals surface area contributed by atoms with Gasteiger partial charge in [-0.05, 0) is 62.4 Å². The van der Waals surface area contributed by atoms with E-state index in [0.29, 0.717) is 30.2 Å². The van der Waals surface area contributed by atoms with Crippen LogP contribution in [0.5, 0.6) is 5.75 Å². The van der Waals surface area contributed by atoms with Gasteiger partial charge in [0.05, 0.1) is 6.61 Å². The molecule has 0 spiro atoms. The highest BCUT2D eigenvalue weighted by Crippen LogP contribution is 2.15. The lowest BCUT2D eigenvalue weighted by atomic mass is 10.2. The van der Waals surface area contributed by atoms with Gasteiger partial charge in [-0.3, -0.25) is 14.4 Å². The maximum atomic E-state index is 13.0. The number of rotatable bonds is 9. The fourth-order valence-electron chi connectivity index (χ4n) is 2.52. The molecule has 2 rings (SSSR count).